The number of para-hydroxylation sites is 1. The molecule has 0 spiro atoms. The molecular weight excluding hydrogens is 568 g/mol. The summed E-state index contributed by atoms with van der Waals surface area (Å²) in [6.07, 6.45) is 4.08. The Bertz CT molecular complexity index is 1620. The predicted molar refractivity (Wildman–Crippen MR) is 173 cm³/mol. The van der Waals surface area contributed by atoms with Crippen molar-refractivity contribution >= 4 is 23.3 Å². The Morgan fingerprint density at radius 3 is 2.69 bits per heavy atom. The van der Waals surface area contributed by atoms with E-state index in [0.717, 1.165) is 54.9 Å². The maximum atomic E-state index is 13.9. The number of likely N-dealkylation sites (N-methyl/N-ethyl adjacent to an activating group) is 1. The monoisotopic (exact) mass is 608 g/mol. The number of amides is 3. The lowest BCUT2D eigenvalue weighted by atomic mass is 10.1. The number of rotatable bonds is 7. The summed E-state index contributed by atoms with van der Waals surface area (Å²) in [5.41, 5.74) is 4.75. The van der Waals surface area contributed by atoms with Gasteiger partial charge in [0.15, 0.2) is 5.69 Å². The van der Waals surface area contributed by atoms with Crippen LogP contribution in [-0.2, 0) is 6.42 Å². The summed E-state index contributed by atoms with van der Waals surface area (Å²) in [6.45, 7) is 8.31. The van der Waals surface area contributed by atoms with Crippen LogP contribution in [0.1, 0.15) is 48.3 Å². The highest BCUT2D eigenvalue weighted by Crippen LogP contribution is 2.35. The van der Waals surface area contributed by atoms with E-state index in [9.17, 15) is 14.9 Å². The summed E-state index contributed by atoms with van der Waals surface area (Å²) in [4.78, 5) is 45.2. The lowest BCUT2D eigenvalue weighted by Crippen LogP contribution is -2.57. The first-order chi connectivity index (χ1) is 21.9. The second kappa shape index (κ2) is 13.1. The fourth-order valence-electron chi connectivity index (χ4n) is 6.75. The van der Waals surface area contributed by atoms with E-state index in [2.05, 4.69) is 40.1 Å². The van der Waals surface area contributed by atoms with Crippen LogP contribution in [0.3, 0.4) is 0 Å². The number of piperazine rings is 1. The Hall–Kier alpha value is -4.69. The molecule has 11 nitrogen and oxygen atoms in total. The third kappa shape index (κ3) is 6.02. The van der Waals surface area contributed by atoms with Gasteiger partial charge in [-0.3, -0.25) is 9.69 Å². The number of nitrogens with zero attached hydrogens (tertiary/aromatic N) is 7. The molecule has 3 amide bonds. The number of benzene rings is 1. The zero-order valence-electron chi connectivity index (χ0n) is 26.2. The van der Waals surface area contributed by atoms with Crippen molar-refractivity contribution in [2.75, 3.05) is 62.7 Å². The van der Waals surface area contributed by atoms with Gasteiger partial charge in [0.05, 0.1) is 34.8 Å². The Morgan fingerprint density at radius 1 is 1.07 bits per heavy atom. The molecule has 2 aromatic heterocycles. The number of nitriles is 1. The van der Waals surface area contributed by atoms with E-state index in [4.69, 9.17) is 9.72 Å². The quantitative estimate of drug-likeness (QED) is 0.429. The fraction of sp³-hybridized carbons (Fsp3) is 0.441. The zero-order chi connectivity index (χ0) is 31.5. The van der Waals surface area contributed by atoms with Crippen molar-refractivity contribution in [2.24, 2.45) is 0 Å². The van der Waals surface area contributed by atoms with Gasteiger partial charge in [-0.2, -0.15) is 5.26 Å². The second-order valence-corrected chi connectivity index (χ2v) is 11.9. The number of hydrogen-bond acceptors (Lipinski definition) is 8. The van der Waals surface area contributed by atoms with E-state index in [1.165, 1.54) is 0 Å². The van der Waals surface area contributed by atoms with Crippen LogP contribution in [0.2, 0.25) is 0 Å². The van der Waals surface area contributed by atoms with Crippen LogP contribution in [-0.4, -0.2) is 96.7 Å². The number of anilines is 2. The normalized spacial score (nSPS) is 19.7. The topological polar surface area (TPSA) is 118 Å². The van der Waals surface area contributed by atoms with Crippen LogP contribution in [0.5, 0.6) is 5.88 Å². The first-order valence-electron chi connectivity index (χ1n) is 15.9. The summed E-state index contributed by atoms with van der Waals surface area (Å²) in [6, 6.07) is 15.5. The van der Waals surface area contributed by atoms with Gasteiger partial charge in [0.1, 0.15) is 6.07 Å². The van der Waals surface area contributed by atoms with Gasteiger partial charge in [0.2, 0.25) is 5.88 Å². The van der Waals surface area contributed by atoms with Crippen LogP contribution in [0.4, 0.5) is 16.2 Å². The van der Waals surface area contributed by atoms with Gasteiger partial charge in [0, 0.05) is 51.0 Å². The molecule has 3 aliphatic heterocycles. The van der Waals surface area contributed by atoms with Crippen molar-refractivity contribution < 1.29 is 14.3 Å². The van der Waals surface area contributed by atoms with Gasteiger partial charge in [-0.1, -0.05) is 19.1 Å². The molecule has 3 aromatic rings. The Morgan fingerprint density at radius 2 is 1.93 bits per heavy atom. The molecule has 3 aliphatic rings. The van der Waals surface area contributed by atoms with E-state index < -0.39 is 0 Å². The molecule has 0 aliphatic carbocycles. The number of carbonyl (C=O) groups is 2. The third-order valence-corrected chi connectivity index (χ3v) is 9.02. The van der Waals surface area contributed by atoms with E-state index in [-0.39, 0.29) is 24.0 Å². The molecular formula is C34H40N8O3. The highest BCUT2D eigenvalue weighted by molar-refractivity contribution is 5.99. The number of pyridine rings is 2. The van der Waals surface area contributed by atoms with Crippen molar-refractivity contribution in [1.29, 1.82) is 5.26 Å². The first-order valence-corrected chi connectivity index (χ1v) is 15.9. The van der Waals surface area contributed by atoms with Crippen molar-refractivity contribution in [3.8, 4) is 23.2 Å². The molecule has 2 fully saturated rings. The average Bonchev–Trinajstić information content (AvgIpc) is 3.70. The number of likely N-dealkylation sites (tertiary alicyclic amines) is 1. The van der Waals surface area contributed by atoms with E-state index in [0.29, 0.717) is 55.6 Å². The van der Waals surface area contributed by atoms with Crippen LogP contribution in [0.25, 0.3) is 11.3 Å². The van der Waals surface area contributed by atoms with Crippen molar-refractivity contribution in [1.82, 2.24) is 25.1 Å². The smallest absolute Gasteiger partial charge is 0.324 e. The van der Waals surface area contributed by atoms with Crippen molar-refractivity contribution in [3.63, 3.8) is 0 Å². The number of urea groups is 1. The standard InChI is InChI=1S/C34H40N8O3/c1-4-26-22-40(34(44)42-17-13-23-8-6-9-24(20-35)31(23)42)18-19-41(26)29-12-11-28(27-10-7-15-36-33(27)45-5-2)38-30(29)32(43)37-25-14-16-39(3)21-25/h6-12,15,25-26H,4-5,13-14,16-19,21-22H2,1-3H3,(H,37,43)/t25-,26+/m0/s1. The first kappa shape index (κ1) is 30.3. The minimum atomic E-state index is -0.208. The Balaban J connectivity index is 1.29. The average molecular weight is 609 g/mol. The number of hydrogen-bond donors (Lipinski definition) is 1. The van der Waals surface area contributed by atoms with Crippen LogP contribution >= 0.6 is 0 Å². The molecule has 0 saturated carbocycles. The number of aromatic nitrogens is 2. The summed E-state index contributed by atoms with van der Waals surface area (Å²) in [5, 5.41) is 12.9. The lowest BCUT2D eigenvalue weighted by Gasteiger charge is -2.44. The largest absolute Gasteiger partial charge is 0.477 e. The zero-order valence-corrected chi connectivity index (χ0v) is 26.2. The summed E-state index contributed by atoms with van der Waals surface area (Å²) < 4.78 is 5.78. The van der Waals surface area contributed by atoms with Crippen molar-refractivity contribution in [3.05, 3.63) is 65.5 Å². The molecule has 234 valence electrons. The molecule has 5 heterocycles. The van der Waals surface area contributed by atoms with Crippen LogP contribution in [0.15, 0.2) is 48.7 Å². The lowest BCUT2D eigenvalue weighted by molar-refractivity contribution is 0.0933. The molecule has 1 aromatic carbocycles. The van der Waals surface area contributed by atoms with Gasteiger partial charge in [-0.05, 0) is 75.7 Å². The predicted octanol–water partition coefficient (Wildman–Crippen LogP) is 3.93. The molecule has 11 heteroatoms. The number of fused-ring (bicyclic) bond motifs is 1. The van der Waals surface area contributed by atoms with Crippen LogP contribution < -0.4 is 19.9 Å². The SMILES string of the molecule is CCOc1ncccc1-c1ccc(N2CCN(C(=O)N3CCc4cccc(C#N)c43)C[C@H]2CC)c(C(=O)N[C@H]2CCN(C)C2)n1. The summed E-state index contributed by atoms with van der Waals surface area (Å²) in [7, 11) is 2.06. The highest BCUT2D eigenvalue weighted by atomic mass is 16.5. The van der Waals surface area contributed by atoms with Gasteiger partial charge in [-0.25, -0.2) is 14.8 Å². The minimum Gasteiger partial charge on any atom is -0.477 e. The number of carbonyl (C=O) groups excluding carboxylic acids is 2. The van der Waals surface area contributed by atoms with Gasteiger partial charge < -0.3 is 24.8 Å². The molecule has 45 heavy (non-hydrogen) atoms. The Labute approximate surface area is 264 Å². The fourth-order valence-corrected chi connectivity index (χ4v) is 6.75. The van der Waals surface area contributed by atoms with Gasteiger partial charge >= 0.3 is 6.03 Å². The highest BCUT2D eigenvalue weighted by Gasteiger charge is 2.36. The van der Waals surface area contributed by atoms with Gasteiger partial charge in [-0.15, -0.1) is 0 Å². The number of ether oxygens (including phenoxy) is 1. The number of nitrogens with one attached hydrogen (secondary N) is 1. The third-order valence-electron chi connectivity index (χ3n) is 9.02. The molecule has 1 N–H and O–H groups in total. The van der Waals surface area contributed by atoms with E-state index >= 15 is 0 Å². The van der Waals surface area contributed by atoms with E-state index in [1.54, 1.807) is 17.2 Å². The molecule has 0 radical (unpaired) electrons. The van der Waals surface area contributed by atoms with E-state index in [1.807, 2.05) is 48.2 Å². The summed E-state index contributed by atoms with van der Waals surface area (Å²) >= 11 is 0. The summed E-state index contributed by atoms with van der Waals surface area (Å²) in [5.74, 6) is 0.269. The molecule has 0 bridgehead atoms. The van der Waals surface area contributed by atoms with Crippen LogP contribution in [0, 0.1) is 11.3 Å². The molecule has 2 atom stereocenters. The molecule has 2 saturated heterocycles. The second-order valence-electron chi connectivity index (χ2n) is 11.9. The van der Waals surface area contributed by atoms with Crippen molar-refractivity contribution in [2.45, 2.75) is 45.2 Å². The maximum absolute atomic E-state index is 13.9. The minimum absolute atomic E-state index is 0.0230. The van der Waals surface area contributed by atoms with Gasteiger partial charge in [0.25, 0.3) is 5.91 Å². The molecule has 6 rings (SSSR count). The Kier molecular flexibility index (Phi) is 8.85. The maximum Gasteiger partial charge on any atom is 0.324 e. The molecule has 0 unspecified atom stereocenters.